The second-order valence-corrected chi connectivity index (χ2v) is 4.54. The van der Waals surface area contributed by atoms with Crippen LogP contribution in [0.2, 0.25) is 0 Å². The molecule has 0 aromatic heterocycles. The molecule has 3 heteroatoms. The molecule has 1 aromatic carbocycles. The molecule has 0 aliphatic rings. The predicted molar refractivity (Wildman–Crippen MR) is 64.1 cm³/mol. The van der Waals surface area contributed by atoms with Crippen molar-refractivity contribution >= 4 is 33.4 Å². The molecule has 0 saturated heterocycles. The van der Waals surface area contributed by atoms with Gasteiger partial charge in [0, 0.05) is 20.8 Å². The van der Waals surface area contributed by atoms with Crippen LogP contribution in [0.5, 0.6) is 0 Å². The van der Waals surface area contributed by atoms with Gasteiger partial charge in [-0.3, -0.25) is 0 Å². The van der Waals surface area contributed by atoms with E-state index in [4.69, 9.17) is 5.73 Å². The van der Waals surface area contributed by atoms with Gasteiger partial charge in [-0.05, 0) is 25.1 Å². The Morgan fingerprint density at radius 1 is 1.54 bits per heavy atom. The van der Waals surface area contributed by atoms with Crippen molar-refractivity contribution in [2.24, 2.45) is 0 Å². The highest BCUT2D eigenvalue weighted by Crippen LogP contribution is 2.28. The van der Waals surface area contributed by atoms with Crippen LogP contribution in [0.1, 0.15) is 6.92 Å². The molecule has 2 N–H and O–H groups in total. The van der Waals surface area contributed by atoms with E-state index in [1.807, 2.05) is 31.2 Å². The number of thioether (sulfide) groups is 1. The normalized spacial score (nSPS) is 10.9. The average Bonchev–Trinajstić information content (AvgIpc) is 2.11. The quantitative estimate of drug-likeness (QED) is 0.508. The van der Waals surface area contributed by atoms with Crippen molar-refractivity contribution in [2.75, 3.05) is 11.5 Å². The monoisotopic (exact) mass is 257 g/mol. The summed E-state index contributed by atoms with van der Waals surface area (Å²) in [7, 11) is 0. The minimum atomic E-state index is 0.845. The van der Waals surface area contributed by atoms with Gasteiger partial charge in [0.1, 0.15) is 0 Å². The summed E-state index contributed by atoms with van der Waals surface area (Å²) in [5.41, 5.74) is 6.65. The molecule has 0 aliphatic heterocycles. The number of hydrogen-bond acceptors (Lipinski definition) is 2. The first-order chi connectivity index (χ1) is 6.24. The Kier molecular flexibility index (Phi) is 4.39. The Morgan fingerprint density at radius 3 is 3.00 bits per heavy atom. The molecule has 0 heterocycles. The lowest BCUT2D eigenvalue weighted by Crippen LogP contribution is -1.88. The summed E-state index contributed by atoms with van der Waals surface area (Å²) in [5.74, 6) is 0.969. The maximum atomic E-state index is 5.81. The van der Waals surface area contributed by atoms with Gasteiger partial charge in [-0.25, -0.2) is 0 Å². The molecule has 0 fully saturated rings. The Hall–Kier alpha value is -0.410. The standard InChI is InChI=1S/C10H12BrNS/c1-2-3-6-13-10-7-8(11)4-5-9(10)12/h2-5,7H,6,12H2,1H3. The molecular weight excluding hydrogens is 246 g/mol. The lowest BCUT2D eigenvalue weighted by Gasteiger charge is -2.03. The van der Waals surface area contributed by atoms with Gasteiger partial charge in [0.15, 0.2) is 0 Å². The first kappa shape index (κ1) is 10.7. The van der Waals surface area contributed by atoms with Crippen LogP contribution in [0.4, 0.5) is 5.69 Å². The van der Waals surface area contributed by atoms with E-state index in [2.05, 4.69) is 22.0 Å². The molecule has 0 amide bonds. The Labute approximate surface area is 91.5 Å². The van der Waals surface area contributed by atoms with Crippen molar-refractivity contribution in [2.45, 2.75) is 11.8 Å². The van der Waals surface area contributed by atoms with Crippen LogP contribution in [0, 0.1) is 0 Å². The molecule has 1 rings (SSSR count). The van der Waals surface area contributed by atoms with Crippen molar-refractivity contribution in [1.82, 2.24) is 0 Å². The number of nitrogens with two attached hydrogens (primary N) is 1. The van der Waals surface area contributed by atoms with E-state index < -0.39 is 0 Å². The van der Waals surface area contributed by atoms with Crippen LogP contribution in [-0.2, 0) is 0 Å². The first-order valence-electron chi connectivity index (χ1n) is 4.03. The molecule has 0 radical (unpaired) electrons. The van der Waals surface area contributed by atoms with Crippen LogP contribution < -0.4 is 5.73 Å². The van der Waals surface area contributed by atoms with Crippen molar-refractivity contribution in [3.05, 3.63) is 34.8 Å². The average molecular weight is 258 g/mol. The SMILES string of the molecule is CC=CCSc1cc(Br)ccc1N. The van der Waals surface area contributed by atoms with Crippen molar-refractivity contribution < 1.29 is 0 Å². The summed E-state index contributed by atoms with van der Waals surface area (Å²) >= 11 is 5.16. The highest BCUT2D eigenvalue weighted by Gasteiger charge is 1.98. The summed E-state index contributed by atoms with van der Waals surface area (Å²) in [6, 6.07) is 5.92. The molecular formula is C10H12BrNS. The molecule has 0 bridgehead atoms. The van der Waals surface area contributed by atoms with E-state index in [-0.39, 0.29) is 0 Å². The maximum Gasteiger partial charge on any atom is 0.0453 e. The molecule has 0 saturated carbocycles. The summed E-state index contributed by atoms with van der Waals surface area (Å²) < 4.78 is 1.07. The number of anilines is 1. The van der Waals surface area contributed by atoms with E-state index in [0.717, 1.165) is 20.8 Å². The number of benzene rings is 1. The third kappa shape index (κ3) is 3.44. The van der Waals surface area contributed by atoms with Gasteiger partial charge in [-0.2, -0.15) is 0 Å². The second-order valence-electron chi connectivity index (χ2n) is 2.56. The van der Waals surface area contributed by atoms with E-state index >= 15 is 0 Å². The van der Waals surface area contributed by atoms with Gasteiger partial charge in [-0.15, -0.1) is 11.8 Å². The number of hydrogen-bond donors (Lipinski definition) is 1. The van der Waals surface area contributed by atoms with Gasteiger partial charge >= 0.3 is 0 Å². The third-order valence-corrected chi connectivity index (χ3v) is 3.06. The van der Waals surface area contributed by atoms with Gasteiger partial charge in [0.05, 0.1) is 0 Å². The smallest absolute Gasteiger partial charge is 0.0453 e. The third-order valence-electron chi connectivity index (χ3n) is 1.55. The maximum absolute atomic E-state index is 5.81. The van der Waals surface area contributed by atoms with E-state index in [9.17, 15) is 0 Å². The Balaban J connectivity index is 2.69. The molecule has 0 spiro atoms. The summed E-state index contributed by atoms with van der Waals surface area (Å²) in [4.78, 5) is 1.13. The van der Waals surface area contributed by atoms with Crippen LogP contribution in [0.15, 0.2) is 39.7 Å². The van der Waals surface area contributed by atoms with Gasteiger partial charge < -0.3 is 5.73 Å². The Bertz CT molecular complexity index is 310. The van der Waals surface area contributed by atoms with Crippen LogP contribution in [0.3, 0.4) is 0 Å². The van der Waals surface area contributed by atoms with Crippen LogP contribution in [0.25, 0.3) is 0 Å². The fourth-order valence-corrected chi connectivity index (χ4v) is 2.29. The number of halogens is 1. The highest BCUT2D eigenvalue weighted by atomic mass is 79.9. The lowest BCUT2D eigenvalue weighted by molar-refractivity contribution is 1.43. The van der Waals surface area contributed by atoms with Crippen LogP contribution >= 0.6 is 27.7 Å². The molecule has 0 unspecified atom stereocenters. The van der Waals surface area contributed by atoms with E-state index in [1.54, 1.807) is 11.8 Å². The zero-order valence-corrected chi connectivity index (χ0v) is 9.86. The van der Waals surface area contributed by atoms with Gasteiger partial charge in [0.2, 0.25) is 0 Å². The molecule has 13 heavy (non-hydrogen) atoms. The minimum absolute atomic E-state index is 0.845. The summed E-state index contributed by atoms with van der Waals surface area (Å²) in [6.07, 6.45) is 4.16. The number of rotatable bonds is 3. The summed E-state index contributed by atoms with van der Waals surface area (Å²) in [6.45, 7) is 2.02. The fraction of sp³-hybridized carbons (Fsp3) is 0.200. The highest BCUT2D eigenvalue weighted by molar-refractivity contribution is 9.10. The number of allylic oxidation sites excluding steroid dienone is 1. The van der Waals surface area contributed by atoms with Crippen LogP contribution in [-0.4, -0.2) is 5.75 Å². The van der Waals surface area contributed by atoms with Crippen molar-refractivity contribution in [3.63, 3.8) is 0 Å². The number of nitrogen functional groups attached to an aromatic ring is 1. The van der Waals surface area contributed by atoms with Crippen molar-refractivity contribution in [1.29, 1.82) is 0 Å². The fourth-order valence-electron chi connectivity index (χ4n) is 0.867. The topological polar surface area (TPSA) is 26.0 Å². The predicted octanol–water partition coefficient (Wildman–Crippen LogP) is 3.70. The van der Waals surface area contributed by atoms with Crippen molar-refractivity contribution in [3.8, 4) is 0 Å². The Morgan fingerprint density at radius 2 is 2.31 bits per heavy atom. The zero-order chi connectivity index (χ0) is 9.68. The van der Waals surface area contributed by atoms with E-state index in [1.165, 1.54) is 0 Å². The summed E-state index contributed by atoms with van der Waals surface area (Å²) in [5, 5.41) is 0. The minimum Gasteiger partial charge on any atom is -0.398 e. The molecule has 1 nitrogen and oxygen atoms in total. The first-order valence-corrected chi connectivity index (χ1v) is 5.81. The molecule has 0 atom stereocenters. The van der Waals surface area contributed by atoms with Gasteiger partial charge in [-0.1, -0.05) is 28.1 Å². The second kappa shape index (κ2) is 5.35. The molecule has 0 aliphatic carbocycles. The van der Waals surface area contributed by atoms with E-state index in [0.29, 0.717) is 0 Å². The van der Waals surface area contributed by atoms with Gasteiger partial charge in [0.25, 0.3) is 0 Å². The largest absolute Gasteiger partial charge is 0.398 e. The molecule has 70 valence electrons. The zero-order valence-electron chi connectivity index (χ0n) is 7.46. The lowest BCUT2D eigenvalue weighted by atomic mass is 10.3. The molecule has 1 aromatic rings.